The van der Waals surface area contributed by atoms with E-state index in [1.807, 2.05) is 24.3 Å². The largest absolute Gasteiger partial charge is 0.292 e. The van der Waals surface area contributed by atoms with Gasteiger partial charge in [-0.15, -0.1) is 0 Å². The summed E-state index contributed by atoms with van der Waals surface area (Å²) in [5.74, 6) is -0.539. The molecule has 1 amide bonds. The van der Waals surface area contributed by atoms with Gasteiger partial charge < -0.3 is 0 Å². The van der Waals surface area contributed by atoms with Crippen molar-refractivity contribution in [3.05, 3.63) is 76.5 Å². The molecule has 0 aliphatic rings. The molecule has 2 N–H and O–H groups in total. The van der Waals surface area contributed by atoms with Gasteiger partial charge in [0.15, 0.2) is 5.69 Å². The smallest absolute Gasteiger partial charge is 0.267 e. The predicted octanol–water partition coefficient (Wildman–Crippen LogP) is 1.63. The van der Waals surface area contributed by atoms with Crippen molar-refractivity contribution in [1.29, 1.82) is 0 Å². The van der Waals surface area contributed by atoms with E-state index in [0.717, 1.165) is 11.0 Å². The number of hydrazone groups is 1. The Kier molecular flexibility index (Phi) is 3.91. The lowest BCUT2D eigenvalue weighted by atomic mass is 10.1. The molecule has 8 heteroatoms. The van der Waals surface area contributed by atoms with E-state index in [2.05, 4.69) is 30.7 Å². The maximum Gasteiger partial charge on any atom is 0.292 e. The molecular formula is C18H12N6O2. The summed E-state index contributed by atoms with van der Waals surface area (Å²) in [5.41, 5.74) is 4.13. The fourth-order valence-corrected chi connectivity index (χ4v) is 2.53. The van der Waals surface area contributed by atoms with Crippen LogP contribution < -0.4 is 11.0 Å². The molecule has 0 saturated heterocycles. The molecule has 0 spiro atoms. The number of hydrogen-bond donors (Lipinski definition) is 2. The molecule has 0 aliphatic heterocycles. The van der Waals surface area contributed by atoms with E-state index < -0.39 is 5.91 Å². The molecule has 0 saturated carbocycles. The third-order valence-corrected chi connectivity index (χ3v) is 3.74. The molecule has 2 aromatic carbocycles. The van der Waals surface area contributed by atoms with Crippen molar-refractivity contribution in [1.82, 2.24) is 25.6 Å². The van der Waals surface area contributed by atoms with Crippen LogP contribution >= 0.6 is 0 Å². The Labute approximate surface area is 146 Å². The summed E-state index contributed by atoms with van der Waals surface area (Å²) in [4.78, 5) is 32.7. The van der Waals surface area contributed by atoms with Gasteiger partial charge in [0.25, 0.3) is 11.5 Å². The molecule has 0 bridgehead atoms. The first-order valence-electron chi connectivity index (χ1n) is 7.75. The summed E-state index contributed by atoms with van der Waals surface area (Å²) in [6, 6.07) is 14.2. The molecule has 4 aromatic rings. The second kappa shape index (κ2) is 6.52. The molecule has 0 aliphatic carbocycles. The number of rotatable bonds is 3. The van der Waals surface area contributed by atoms with Gasteiger partial charge in [0.1, 0.15) is 5.69 Å². The van der Waals surface area contributed by atoms with Gasteiger partial charge >= 0.3 is 0 Å². The predicted molar refractivity (Wildman–Crippen MR) is 97.0 cm³/mol. The number of benzene rings is 2. The van der Waals surface area contributed by atoms with Gasteiger partial charge in [0.2, 0.25) is 0 Å². The summed E-state index contributed by atoms with van der Waals surface area (Å²) in [5, 5.41) is 10.9. The van der Waals surface area contributed by atoms with Crippen LogP contribution in [0.5, 0.6) is 0 Å². The number of carbonyl (C=O) groups is 1. The summed E-state index contributed by atoms with van der Waals surface area (Å²) in [6.07, 6.45) is 2.96. The number of aromatic amines is 1. The molecular weight excluding hydrogens is 332 g/mol. The Morgan fingerprint density at radius 1 is 1.04 bits per heavy atom. The minimum Gasteiger partial charge on any atom is -0.267 e. The minimum absolute atomic E-state index is 0.0851. The summed E-state index contributed by atoms with van der Waals surface area (Å²) >= 11 is 0. The molecule has 0 atom stereocenters. The van der Waals surface area contributed by atoms with Gasteiger partial charge in [0, 0.05) is 5.39 Å². The van der Waals surface area contributed by atoms with E-state index in [1.165, 1.54) is 6.21 Å². The lowest BCUT2D eigenvalue weighted by Crippen LogP contribution is -2.22. The number of hydrogen-bond acceptors (Lipinski definition) is 6. The Morgan fingerprint density at radius 3 is 2.62 bits per heavy atom. The number of nitrogens with zero attached hydrogens (tertiary/aromatic N) is 4. The zero-order valence-corrected chi connectivity index (χ0v) is 13.4. The molecule has 2 heterocycles. The molecule has 0 radical (unpaired) electrons. The highest BCUT2D eigenvalue weighted by Gasteiger charge is 2.13. The molecule has 26 heavy (non-hydrogen) atoms. The van der Waals surface area contributed by atoms with Crippen molar-refractivity contribution in [2.24, 2.45) is 5.10 Å². The summed E-state index contributed by atoms with van der Waals surface area (Å²) in [6.45, 7) is 0. The number of carbonyl (C=O) groups excluding carboxylic acids is 1. The number of fused-ring (bicyclic) bond motifs is 2. The third kappa shape index (κ3) is 2.91. The zero-order valence-electron chi connectivity index (χ0n) is 13.4. The highest BCUT2D eigenvalue weighted by molar-refractivity contribution is 6.04. The first kappa shape index (κ1) is 15.6. The topological polar surface area (TPSA) is 113 Å². The van der Waals surface area contributed by atoms with Crippen LogP contribution in [0.4, 0.5) is 0 Å². The van der Waals surface area contributed by atoms with Crippen molar-refractivity contribution < 1.29 is 4.79 Å². The van der Waals surface area contributed by atoms with Crippen LogP contribution in [0.25, 0.3) is 21.8 Å². The highest BCUT2D eigenvalue weighted by Crippen LogP contribution is 2.12. The number of H-pyrrole nitrogens is 1. The Bertz CT molecular complexity index is 1210. The molecule has 0 fully saturated rings. The van der Waals surface area contributed by atoms with E-state index in [4.69, 9.17) is 0 Å². The fraction of sp³-hybridized carbons (Fsp3) is 0. The molecule has 126 valence electrons. The maximum absolute atomic E-state index is 12.3. The quantitative estimate of drug-likeness (QED) is 0.433. The van der Waals surface area contributed by atoms with Crippen LogP contribution in [-0.4, -0.2) is 32.3 Å². The summed E-state index contributed by atoms with van der Waals surface area (Å²) < 4.78 is 0. The van der Waals surface area contributed by atoms with Crippen LogP contribution in [-0.2, 0) is 0 Å². The Balaban J connectivity index is 1.57. The van der Waals surface area contributed by atoms with Gasteiger partial charge in [0.05, 0.1) is 28.8 Å². The van der Waals surface area contributed by atoms with Gasteiger partial charge in [-0.25, -0.2) is 15.5 Å². The van der Waals surface area contributed by atoms with Crippen LogP contribution in [0.15, 0.2) is 64.6 Å². The van der Waals surface area contributed by atoms with Crippen molar-refractivity contribution in [3.63, 3.8) is 0 Å². The van der Waals surface area contributed by atoms with Gasteiger partial charge in [-0.1, -0.05) is 30.3 Å². The standard InChI is InChI=1S/C18H12N6O2/c25-17-13-6-2-1-5-12(13)16(22-24-17)18(26)23-20-10-11-9-19-14-7-3-4-8-15(14)21-11/h1-10H,(H,23,26)(H,24,25)/b20-10-. The van der Waals surface area contributed by atoms with Gasteiger partial charge in [-0.2, -0.15) is 10.2 Å². The van der Waals surface area contributed by atoms with E-state index in [0.29, 0.717) is 16.5 Å². The monoisotopic (exact) mass is 344 g/mol. The number of aromatic nitrogens is 4. The van der Waals surface area contributed by atoms with E-state index >= 15 is 0 Å². The van der Waals surface area contributed by atoms with Crippen LogP contribution in [0, 0.1) is 0 Å². The van der Waals surface area contributed by atoms with Crippen LogP contribution in [0.3, 0.4) is 0 Å². The van der Waals surface area contributed by atoms with Crippen LogP contribution in [0.1, 0.15) is 16.2 Å². The summed E-state index contributed by atoms with van der Waals surface area (Å²) in [7, 11) is 0. The van der Waals surface area contributed by atoms with Gasteiger partial charge in [-0.05, 0) is 18.2 Å². The first-order chi connectivity index (χ1) is 12.7. The lowest BCUT2D eigenvalue weighted by molar-refractivity contribution is 0.0951. The molecule has 8 nitrogen and oxygen atoms in total. The van der Waals surface area contributed by atoms with E-state index in [9.17, 15) is 9.59 Å². The van der Waals surface area contributed by atoms with Crippen molar-refractivity contribution >= 4 is 33.9 Å². The average Bonchev–Trinajstić information content (AvgIpc) is 2.68. The number of para-hydroxylation sites is 2. The number of nitrogens with one attached hydrogen (secondary N) is 2. The maximum atomic E-state index is 12.3. The van der Waals surface area contributed by atoms with Crippen molar-refractivity contribution in [3.8, 4) is 0 Å². The van der Waals surface area contributed by atoms with Gasteiger partial charge in [-0.3, -0.25) is 14.6 Å². The average molecular weight is 344 g/mol. The van der Waals surface area contributed by atoms with E-state index in [-0.39, 0.29) is 11.3 Å². The minimum atomic E-state index is -0.539. The third-order valence-electron chi connectivity index (χ3n) is 3.74. The Hall–Kier alpha value is -3.94. The Morgan fingerprint density at radius 2 is 1.77 bits per heavy atom. The van der Waals surface area contributed by atoms with Crippen molar-refractivity contribution in [2.45, 2.75) is 0 Å². The van der Waals surface area contributed by atoms with Crippen LogP contribution in [0.2, 0.25) is 0 Å². The normalized spacial score (nSPS) is 11.2. The second-order valence-electron chi connectivity index (χ2n) is 5.43. The van der Waals surface area contributed by atoms with E-state index in [1.54, 1.807) is 30.5 Å². The molecule has 2 aromatic heterocycles. The molecule has 0 unspecified atom stereocenters. The second-order valence-corrected chi connectivity index (χ2v) is 5.43. The lowest BCUT2D eigenvalue weighted by Gasteiger charge is -2.03. The number of amides is 1. The highest BCUT2D eigenvalue weighted by atomic mass is 16.2. The molecule has 4 rings (SSSR count). The fourth-order valence-electron chi connectivity index (χ4n) is 2.53. The van der Waals surface area contributed by atoms with Crippen molar-refractivity contribution in [2.75, 3.05) is 0 Å². The first-order valence-corrected chi connectivity index (χ1v) is 7.75. The SMILES string of the molecule is O=C(N/N=C\c1cnc2ccccc2n1)c1n[nH]c(=O)c2ccccc12. The zero-order chi connectivity index (χ0) is 17.9.